The first-order valence-electron chi connectivity index (χ1n) is 15.1. The first-order valence-corrected chi connectivity index (χ1v) is 16.8. The van der Waals surface area contributed by atoms with E-state index >= 15 is 4.57 Å². The lowest BCUT2D eigenvalue weighted by Gasteiger charge is -2.16. The minimum atomic E-state index is -3.20. The van der Waals surface area contributed by atoms with E-state index in [1.54, 1.807) is 0 Å². The molecule has 0 atom stereocenters. The molecule has 6 aromatic carbocycles. The van der Waals surface area contributed by atoms with Crippen LogP contribution in [0, 0.1) is 0 Å². The lowest BCUT2D eigenvalue weighted by molar-refractivity contribution is 0.593. The molecule has 0 fully saturated rings. The molecule has 45 heavy (non-hydrogen) atoms. The van der Waals surface area contributed by atoms with Gasteiger partial charge < -0.3 is 4.57 Å². The van der Waals surface area contributed by atoms with Crippen LogP contribution in [0.3, 0.4) is 0 Å². The van der Waals surface area contributed by atoms with Gasteiger partial charge in [-0.25, -0.2) is 4.98 Å². The first kappa shape index (κ1) is 24.8. The topological polar surface area (TPSA) is 47.3 Å². The Morgan fingerprint density at radius 2 is 1.20 bits per heavy atom. The van der Waals surface area contributed by atoms with Gasteiger partial charge in [0, 0.05) is 32.9 Å². The van der Waals surface area contributed by atoms with Gasteiger partial charge in [0.05, 0.1) is 16.6 Å². The molecule has 9 aromatic rings. The summed E-state index contributed by atoms with van der Waals surface area (Å²) in [7, 11) is -3.20. The highest BCUT2D eigenvalue weighted by molar-refractivity contribution is 7.86. The van der Waals surface area contributed by atoms with Gasteiger partial charge in [0.2, 0.25) is 0 Å². The molecule has 0 amide bonds. The Bertz CT molecular complexity index is 2710. The fourth-order valence-electron chi connectivity index (χ4n) is 7.46. The average Bonchev–Trinajstić information content (AvgIpc) is 3.63. The van der Waals surface area contributed by atoms with Crippen LogP contribution < -0.4 is 15.9 Å². The smallest absolute Gasteiger partial charge is 0.174 e. The highest BCUT2D eigenvalue weighted by Crippen LogP contribution is 2.53. The van der Waals surface area contributed by atoms with Crippen molar-refractivity contribution in [1.29, 1.82) is 0 Å². The summed E-state index contributed by atoms with van der Waals surface area (Å²) >= 11 is 0. The molecule has 0 saturated heterocycles. The van der Waals surface area contributed by atoms with E-state index in [4.69, 9.17) is 9.97 Å². The quantitative estimate of drug-likeness (QED) is 0.149. The molecule has 1 aliphatic rings. The molecule has 210 valence electrons. The Kier molecular flexibility index (Phi) is 4.95. The number of nitrogens with zero attached hydrogens (tertiary/aromatic N) is 3. The van der Waals surface area contributed by atoms with E-state index in [1.165, 1.54) is 10.8 Å². The predicted molar refractivity (Wildman–Crippen MR) is 187 cm³/mol. The lowest BCUT2D eigenvalue weighted by Crippen LogP contribution is -2.21. The molecule has 1 aliphatic heterocycles. The van der Waals surface area contributed by atoms with Crippen LogP contribution in [-0.4, -0.2) is 14.4 Å². The van der Waals surface area contributed by atoms with E-state index in [2.05, 4.69) is 89.3 Å². The molecule has 0 saturated carbocycles. The van der Waals surface area contributed by atoms with Gasteiger partial charge in [-0.2, -0.15) is 0 Å². The van der Waals surface area contributed by atoms with Crippen LogP contribution in [-0.2, 0) is 4.57 Å². The standard InChI is InChI=1S/C40H24N3OP/c44-45(34-18-5-3-12-29(34)30-13-4-6-19-35(30)45)36-20-8-17-33-39(36)42-40-31-15-9-23-41-38(31)37-28(14-7-16-32(37)43(33)40)27-22-21-25-10-1-2-11-26(25)24-27/h1-24H. The van der Waals surface area contributed by atoms with E-state index in [-0.39, 0.29) is 0 Å². The summed E-state index contributed by atoms with van der Waals surface area (Å²) in [5.74, 6) is 0. The molecule has 0 aliphatic carbocycles. The molecule has 4 heterocycles. The fourth-order valence-corrected chi connectivity index (χ4v) is 10.7. The molecule has 3 aromatic heterocycles. The van der Waals surface area contributed by atoms with Crippen molar-refractivity contribution in [2.75, 3.05) is 0 Å². The summed E-state index contributed by atoms with van der Waals surface area (Å²) in [4.78, 5) is 10.3. The third-order valence-corrected chi connectivity index (χ3v) is 12.6. The monoisotopic (exact) mass is 593 g/mol. The van der Waals surface area contributed by atoms with Crippen molar-refractivity contribution in [3.05, 3.63) is 146 Å². The van der Waals surface area contributed by atoms with Crippen LogP contribution in [0.4, 0.5) is 0 Å². The van der Waals surface area contributed by atoms with E-state index < -0.39 is 7.14 Å². The summed E-state index contributed by atoms with van der Waals surface area (Å²) in [6.45, 7) is 0. The van der Waals surface area contributed by atoms with Crippen molar-refractivity contribution in [3.8, 4) is 22.3 Å². The van der Waals surface area contributed by atoms with Gasteiger partial charge in [0.25, 0.3) is 0 Å². The van der Waals surface area contributed by atoms with Crippen LogP contribution in [0.25, 0.3) is 71.5 Å². The zero-order chi connectivity index (χ0) is 29.7. The van der Waals surface area contributed by atoms with Crippen molar-refractivity contribution in [2.24, 2.45) is 0 Å². The number of rotatable bonds is 2. The van der Waals surface area contributed by atoms with Crippen molar-refractivity contribution in [1.82, 2.24) is 14.4 Å². The van der Waals surface area contributed by atoms with Crippen molar-refractivity contribution in [2.45, 2.75) is 0 Å². The van der Waals surface area contributed by atoms with Crippen molar-refractivity contribution >= 4 is 72.3 Å². The summed E-state index contributed by atoms with van der Waals surface area (Å²) < 4.78 is 17.8. The maximum Gasteiger partial charge on any atom is 0.174 e. The van der Waals surface area contributed by atoms with Crippen LogP contribution in [0.5, 0.6) is 0 Å². The Labute approximate surface area is 258 Å². The van der Waals surface area contributed by atoms with Gasteiger partial charge >= 0.3 is 0 Å². The van der Waals surface area contributed by atoms with Gasteiger partial charge in [0.1, 0.15) is 11.2 Å². The third kappa shape index (κ3) is 3.24. The molecule has 10 rings (SSSR count). The van der Waals surface area contributed by atoms with Crippen LogP contribution in [0.2, 0.25) is 0 Å². The summed E-state index contributed by atoms with van der Waals surface area (Å²) in [5, 5.41) is 6.98. The van der Waals surface area contributed by atoms with Gasteiger partial charge in [-0.1, -0.05) is 103 Å². The summed E-state index contributed by atoms with van der Waals surface area (Å²) in [5.41, 5.74) is 8.78. The number of imidazole rings is 1. The van der Waals surface area contributed by atoms with E-state index in [1.807, 2.05) is 60.8 Å². The average molecular weight is 594 g/mol. The van der Waals surface area contributed by atoms with E-state index in [0.717, 1.165) is 76.7 Å². The number of fused-ring (bicyclic) bond motifs is 12. The predicted octanol–water partition coefficient (Wildman–Crippen LogP) is 8.63. The Balaban J connectivity index is 1.34. The summed E-state index contributed by atoms with van der Waals surface area (Å²) in [6, 6.07) is 48.0. The molecule has 0 N–H and O–H groups in total. The number of para-hydroxylation sites is 1. The molecule has 4 nitrogen and oxygen atoms in total. The maximum atomic E-state index is 15.6. The van der Waals surface area contributed by atoms with Crippen LogP contribution in [0.15, 0.2) is 146 Å². The molecule has 0 spiro atoms. The lowest BCUT2D eigenvalue weighted by atomic mass is 9.96. The summed E-state index contributed by atoms with van der Waals surface area (Å²) in [6.07, 6.45) is 1.86. The Morgan fingerprint density at radius 1 is 0.533 bits per heavy atom. The number of hydrogen-bond donors (Lipinski definition) is 0. The largest absolute Gasteiger partial charge is 0.309 e. The third-order valence-electron chi connectivity index (χ3n) is 9.41. The Hall–Kier alpha value is -5.57. The number of hydrogen-bond acceptors (Lipinski definition) is 3. The normalized spacial score (nSPS) is 13.6. The highest BCUT2D eigenvalue weighted by Gasteiger charge is 2.41. The molecule has 0 unspecified atom stereocenters. The van der Waals surface area contributed by atoms with Crippen LogP contribution >= 0.6 is 7.14 Å². The maximum absolute atomic E-state index is 15.6. The highest BCUT2D eigenvalue weighted by atomic mass is 31.2. The van der Waals surface area contributed by atoms with E-state index in [0.29, 0.717) is 0 Å². The second-order valence-corrected chi connectivity index (χ2v) is 14.4. The second kappa shape index (κ2) is 8.98. The zero-order valence-corrected chi connectivity index (χ0v) is 24.9. The van der Waals surface area contributed by atoms with Crippen molar-refractivity contribution in [3.63, 3.8) is 0 Å². The molecular weight excluding hydrogens is 569 g/mol. The SMILES string of the molecule is O=P1(c2cccc3c2nc2c4cccnc4c4c(-c5ccc6ccccc6c5)cccc4n32)c2ccccc2-c2ccccc21. The van der Waals surface area contributed by atoms with Gasteiger partial charge in [-0.3, -0.25) is 9.38 Å². The van der Waals surface area contributed by atoms with Gasteiger partial charge in [0.15, 0.2) is 7.14 Å². The number of benzene rings is 6. The minimum absolute atomic E-state index is 0.765. The van der Waals surface area contributed by atoms with E-state index in [9.17, 15) is 0 Å². The van der Waals surface area contributed by atoms with Gasteiger partial charge in [-0.05, 0) is 69.4 Å². The van der Waals surface area contributed by atoms with Crippen molar-refractivity contribution < 1.29 is 4.57 Å². The molecule has 0 bridgehead atoms. The van der Waals surface area contributed by atoms with Crippen LogP contribution in [0.1, 0.15) is 0 Å². The second-order valence-electron chi connectivity index (χ2n) is 11.7. The zero-order valence-electron chi connectivity index (χ0n) is 24.1. The minimum Gasteiger partial charge on any atom is -0.309 e. The number of pyridine rings is 2. The fraction of sp³-hybridized carbons (Fsp3) is 0. The Morgan fingerprint density at radius 3 is 2.02 bits per heavy atom. The molecular formula is C40H24N3OP. The number of aromatic nitrogens is 3. The van der Waals surface area contributed by atoms with Gasteiger partial charge in [-0.15, -0.1) is 0 Å². The first-order chi connectivity index (χ1) is 22.2. The molecule has 5 heteroatoms. The molecule has 0 radical (unpaired) electrons.